The van der Waals surface area contributed by atoms with E-state index in [1.807, 2.05) is 33.8 Å². The van der Waals surface area contributed by atoms with E-state index in [0.717, 1.165) is 11.3 Å². The van der Waals surface area contributed by atoms with E-state index in [1.54, 1.807) is 18.2 Å². The molecular formula is C15H17FN2. The van der Waals surface area contributed by atoms with E-state index in [2.05, 4.69) is 9.97 Å². The maximum atomic E-state index is 14.1. The molecule has 3 heteroatoms. The Kier molecular flexibility index (Phi) is 3.41. The smallest absolute Gasteiger partial charge is 0.132 e. The molecule has 0 aliphatic heterocycles. The van der Waals surface area contributed by atoms with Gasteiger partial charge in [-0.3, -0.25) is 0 Å². The van der Waals surface area contributed by atoms with Gasteiger partial charge in [0.2, 0.25) is 0 Å². The Balaban J connectivity index is 2.51. The normalized spacial score (nSPS) is 11.0. The second-order valence-electron chi connectivity index (χ2n) is 4.84. The van der Waals surface area contributed by atoms with Crippen LogP contribution in [0.2, 0.25) is 0 Å². The molecule has 0 aliphatic rings. The lowest BCUT2D eigenvalue weighted by atomic mass is 10.00. The number of hydrogen-bond donors (Lipinski definition) is 0. The molecule has 2 aromatic rings. The van der Waals surface area contributed by atoms with Crippen LogP contribution >= 0.6 is 0 Å². The summed E-state index contributed by atoms with van der Waals surface area (Å²) >= 11 is 0. The minimum atomic E-state index is -0.223. The van der Waals surface area contributed by atoms with Gasteiger partial charge in [-0.1, -0.05) is 19.9 Å². The van der Waals surface area contributed by atoms with Crippen LogP contribution < -0.4 is 0 Å². The summed E-state index contributed by atoms with van der Waals surface area (Å²) in [7, 11) is 0. The fourth-order valence-corrected chi connectivity index (χ4v) is 1.95. The molecule has 0 N–H and O–H groups in total. The molecule has 0 fully saturated rings. The van der Waals surface area contributed by atoms with Gasteiger partial charge in [0.05, 0.1) is 5.69 Å². The third-order valence-corrected chi connectivity index (χ3v) is 2.90. The summed E-state index contributed by atoms with van der Waals surface area (Å²) in [5.41, 5.74) is 3.03. The Labute approximate surface area is 107 Å². The summed E-state index contributed by atoms with van der Waals surface area (Å²) < 4.78 is 14.1. The largest absolute Gasteiger partial charge is 0.239 e. The van der Waals surface area contributed by atoms with Crippen LogP contribution in [0.25, 0.3) is 11.3 Å². The van der Waals surface area contributed by atoms with Crippen LogP contribution in [0.1, 0.15) is 36.8 Å². The van der Waals surface area contributed by atoms with E-state index in [4.69, 9.17) is 0 Å². The molecule has 1 aromatic heterocycles. The predicted octanol–water partition coefficient (Wildman–Crippen LogP) is 4.02. The molecule has 2 nitrogen and oxygen atoms in total. The van der Waals surface area contributed by atoms with Gasteiger partial charge in [0.25, 0.3) is 0 Å². The molecule has 0 unspecified atom stereocenters. The van der Waals surface area contributed by atoms with Crippen molar-refractivity contribution in [3.63, 3.8) is 0 Å². The number of aryl methyl sites for hydroxylation is 2. The van der Waals surface area contributed by atoms with Gasteiger partial charge in [0.1, 0.15) is 11.6 Å². The van der Waals surface area contributed by atoms with Gasteiger partial charge < -0.3 is 0 Å². The van der Waals surface area contributed by atoms with E-state index in [9.17, 15) is 4.39 Å². The predicted molar refractivity (Wildman–Crippen MR) is 71.0 cm³/mol. The van der Waals surface area contributed by atoms with Gasteiger partial charge in [0.15, 0.2) is 0 Å². The van der Waals surface area contributed by atoms with Gasteiger partial charge in [-0.05, 0) is 43.5 Å². The number of halogens is 1. The minimum Gasteiger partial charge on any atom is -0.239 e. The molecule has 0 saturated carbocycles. The topological polar surface area (TPSA) is 25.8 Å². The number of aromatic nitrogens is 2. The lowest BCUT2D eigenvalue weighted by Gasteiger charge is -2.09. The third-order valence-electron chi connectivity index (χ3n) is 2.90. The Hall–Kier alpha value is -1.77. The fraction of sp³-hybridized carbons (Fsp3) is 0.333. The highest BCUT2D eigenvalue weighted by atomic mass is 19.1. The van der Waals surface area contributed by atoms with E-state index < -0.39 is 0 Å². The minimum absolute atomic E-state index is 0.223. The van der Waals surface area contributed by atoms with Crippen molar-refractivity contribution in [3.05, 3.63) is 47.2 Å². The Morgan fingerprint density at radius 3 is 2.33 bits per heavy atom. The summed E-state index contributed by atoms with van der Waals surface area (Å²) in [4.78, 5) is 8.49. The second-order valence-corrected chi connectivity index (χ2v) is 4.84. The molecule has 0 radical (unpaired) electrons. The van der Waals surface area contributed by atoms with E-state index in [0.29, 0.717) is 23.0 Å². The summed E-state index contributed by atoms with van der Waals surface area (Å²) in [6, 6.07) is 7.15. The lowest BCUT2D eigenvalue weighted by molar-refractivity contribution is 0.626. The zero-order valence-corrected chi connectivity index (χ0v) is 11.2. The van der Waals surface area contributed by atoms with E-state index in [1.165, 1.54) is 0 Å². The summed E-state index contributed by atoms with van der Waals surface area (Å²) in [5, 5.41) is 0. The SMILES string of the molecule is Cc1cc(-c2ccc(C(C)C)cc2F)nc(C)n1. The van der Waals surface area contributed by atoms with Crippen molar-refractivity contribution < 1.29 is 4.39 Å². The number of benzene rings is 1. The molecule has 18 heavy (non-hydrogen) atoms. The quantitative estimate of drug-likeness (QED) is 0.797. The van der Waals surface area contributed by atoms with Crippen LogP contribution in [0, 0.1) is 19.7 Å². The Morgan fingerprint density at radius 1 is 1.06 bits per heavy atom. The van der Waals surface area contributed by atoms with Gasteiger partial charge in [-0.15, -0.1) is 0 Å². The molecule has 0 spiro atoms. The first-order valence-electron chi connectivity index (χ1n) is 6.09. The van der Waals surface area contributed by atoms with E-state index >= 15 is 0 Å². The van der Waals surface area contributed by atoms with Crippen LogP contribution in [0.3, 0.4) is 0 Å². The number of hydrogen-bond acceptors (Lipinski definition) is 2. The van der Waals surface area contributed by atoms with Crippen molar-refractivity contribution in [3.8, 4) is 11.3 Å². The molecule has 0 saturated heterocycles. The molecule has 0 aliphatic carbocycles. The zero-order chi connectivity index (χ0) is 13.3. The summed E-state index contributed by atoms with van der Waals surface area (Å²) in [6.07, 6.45) is 0. The first-order chi connectivity index (χ1) is 8.47. The Morgan fingerprint density at radius 2 is 1.78 bits per heavy atom. The fourth-order valence-electron chi connectivity index (χ4n) is 1.95. The number of rotatable bonds is 2. The molecule has 1 heterocycles. The zero-order valence-electron chi connectivity index (χ0n) is 11.2. The third kappa shape index (κ3) is 2.55. The first kappa shape index (κ1) is 12.7. The van der Waals surface area contributed by atoms with Crippen LogP contribution in [0.5, 0.6) is 0 Å². The average molecular weight is 244 g/mol. The monoisotopic (exact) mass is 244 g/mol. The van der Waals surface area contributed by atoms with Crippen molar-refractivity contribution in [2.45, 2.75) is 33.6 Å². The van der Waals surface area contributed by atoms with Crippen LogP contribution in [-0.4, -0.2) is 9.97 Å². The molecule has 2 rings (SSSR count). The highest BCUT2D eigenvalue weighted by molar-refractivity contribution is 5.60. The van der Waals surface area contributed by atoms with Crippen molar-refractivity contribution in [1.29, 1.82) is 0 Å². The number of nitrogens with zero attached hydrogens (tertiary/aromatic N) is 2. The second kappa shape index (κ2) is 4.84. The van der Waals surface area contributed by atoms with Crippen molar-refractivity contribution in [2.24, 2.45) is 0 Å². The Bertz CT molecular complexity index is 556. The summed E-state index contributed by atoms with van der Waals surface area (Å²) in [6.45, 7) is 7.80. The first-order valence-corrected chi connectivity index (χ1v) is 6.09. The summed E-state index contributed by atoms with van der Waals surface area (Å²) in [5.74, 6) is 0.762. The van der Waals surface area contributed by atoms with Crippen molar-refractivity contribution in [2.75, 3.05) is 0 Å². The van der Waals surface area contributed by atoms with Gasteiger partial charge in [-0.2, -0.15) is 0 Å². The van der Waals surface area contributed by atoms with Crippen LogP contribution in [0.15, 0.2) is 24.3 Å². The molecular weight excluding hydrogens is 227 g/mol. The van der Waals surface area contributed by atoms with Crippen molar-refractivity contribution >= 4 is 0 Å². The highest BCUT2D eigenvalue weighted by Crippen LogP contribution is 2.25. The molecule has 0 bridgehead atoms. The molecule has 94 valence electrons. The molecule has 0 atom stereocenters. The van der Waals surface area contributed by atoms with Gasteiger partial charge >= 0.3 is 0 Å². The van der Waals surface area contributed by atoms with Crippen molar-refractivity contribution in [1.82, 2.24) is 9.97 Å². The molecule has 1 aromatic carbocycles. The lowest BCUT2D eigenvalue weighted by Crippen LogP contribution is -1.97. The van der Waals surface area contributed by atoms with Gasteiger partial charge in [0, 0.05) is 11.3 Å². The maximum Gasteiger partial charge on any atom is 0.132 e. The van der Waals surface area contributed by atoms with Gasteiger partial charge in [-0.25, -0.2) is 14.4 Å². The average Bonchev–Trinajstić information content (AvgIpc) is 2.27. The van der Waals surface area contributed by atoms with Crippen LogP contribution in [0.4, 0.5) is 4.39 Å². The standard InChI is InChI=1S/C15H17FN2/c1-9(2)12-5-6-13(14(16)8-12)15-7-10(3)17-11(4)18-15/h5-9H,1-4H3. The van der Waals surface area contributed by atoms with Crippen LogP contribution in [-0.2, 0) is 0 Å². The molecule has 0 amide bonds. The maximum absolute atomic E-state index is 14.1. The highest BCUT2D eigenvalue weighted by Gasteiger charge is 2.10. The van der Waals surface area contributed by atoms with E-state index in [-0.39, 0.29) is 5.82 Å².